The second-order valence-corrected chi connectivity index (χ2v) is 5.74. The fourth-order valence-electron chi connectivity index (χ4n) is 2.41. The van der Waals surface area contributed by atoms with Crippen molar-refractivity contribution in [2.24, 2.45) is 0 Å². The van der Waals surface area contributed by atoms with Gasteiger partial charge in [0.2, 0.25) is 0 Å². The van der Waals surface area contributed by atoms with Gasteiger partial charge in [-0.05, 0) is 38.5 Å². The first kappa shape index (κ1) is 18.0. The summed E-state index contributed by atoms with van der Waals surface area (Å²) in [7, 11) is 0. The van der Waals surface area contributed by atoms with Gasteiger partial charge in [0, 0.05) is 6.42 Å². The van der Waals surface area contributed by atoms with Gasteiger partial charge in [0.15, 0.2) is 0 Å². The second-order valence-electron chi connectivity index (χ2n) is 5.74. The molecule has 3 nitrogen and oxygen atoms in total. The zero-order valence-electron chi connectivity index (χ0n) is 13.3. The number of ether oxygens (including phenoxy) is 1. The molecular weight excluding hydrogens is 264 g/mol. The minimum atomic E-state index is -0.677. The van der Waals surface area contributed by atoms with E-state index in [1.165, 1.54) is 12.8 Å². The minimum Gasteiger partial charge on any atom is -0.481 e. The maximum atomic E-state index is 10.3. The number of carboxylic acid groups (broad SMARTS) is 1. The Bertz CT molecular complexity index is 333. The van der Waals surface area contributed by atoms with Crippen LogP contribution in [0.15, 0.2) is 24.3 Å². The second kappa shape index (κ2) is 11.6. The molecule has 1 saturated heterocycles. The van der Waals surface area contributed by atoms with E-state index in [-0.39, 0.29) is 0 Å². The maximum Gasteiger partial charge on any atom is 0.303 e. The molecule has 1 heterocycles. The number of carbonyl (C=O) groups is 1. The summed E-state index contributed by atoms with van der Waals surface area (Å²) in [5, 5.41) is 8.52. The lowest BCUT2D eigenvalue weighted by Crippen LogP contribution is -1.93. The van der Waals surface area contributed by atoms with Crippen molar-refractivity contribution in [3.05, 3.63) is 24.3 Å². The van der Waals surface area contributed by atoms with Crippen LogP contribution in [0.25, 0.3) is 0 Å². The highest BCUT2D eigenvalue weighted by Crippen LogP contribution is 2.29. The quantitative estimate of drug-likeness (QED) is 0.299. The van der Waals surface area contributed by atoms with Gasteiger partial charge in [-0.1, -0.05) is 50.5 Å². The van der Waals surface area contributed by atoms with Crippen molar-refractivity contribution in [1.82, 2.24) is 0 Å². The third-order valence-electron chi connectivity index (χ3n) is 3.75. The molecule has 1 rings (SSSR count). The van der Waals surface area contributed by atoms with Crippen LogP contribution in [-0.2, 0) is 9.53 Å². The number of epoxide rings is 1. The van der Waals surface area contributed by atoms with Crippen molar-refractivity contribution in [2.75, 3.05) is 0 Å². The molecule has 0 bridgehead atoms. The lowest BCUT2D eigenvalue weighted by Gasteiger charge is -1.98. The monoisotopic (exact) mass is 294 g/mol. The lowest BCUT2D eigenvalue weighted by molar-refractivity contribution is -0.137. The molecule has 1 fully saturated rings. The van der Waals surface area contributed by atoms with Crippen LogP contribution in [0.1, 0.15) is 71.1 Å². The summed E-state index contributed by atoms with van der Waals surface area (Å²) in [6, 6.07) is 0. The summed E-state index contributed by atoms with van der Waals surface area (Å²) in [5.74, 6) is -0.677. The predicted octanol–water partition coefficient (Wildman–Crippen LogP) is 4.87. The van der Waals surface area contributed by atoms with E-state index in [0.717, 1.165) is 44.9 Å². The van der Waals surface area contributed by atoms with Crippen LogP contribution < -0.4 is 0 Å². The van der Waals surface area contributed by atoms with Crippen molar-refractivity contribution < 1.29 is 14.6 Å². The molecule has 21 heavy (non-hydrogen) atoms. The van der Waals surface area contributed by atoms with Crippen LogP contribution in [0, 0.1) is 0 Å². The molecule has 120 valence electrons. The molecule has 2 unspecified atom stereocenters. The smallest absolute Gasteiger partial charge is 0.303 e. The van der Waals surface area contributed by atoms with E-state index in [1.54, 1.807) is 0 Å². The summed E-state index contributed by atoms with van der Waals surface area (Å²) >= 11 is 0. The Morgan fingerprint density at radius 2 is 1.57 bits per heavy atom. The van der Waals surface area contributed by atoms with Crippen LogP contribution in [0.3, 0.4) is 0 Å². The first-order valence-electron chi connectivity index (χ1n) is 8.41. The largest absolute Gasteiger partial charge is 0.481 e. The molecule has 0 radical (unpaired) electrons. The van der Waals surface area contributed by atoms with E-state index in [9.17, 15) is 4.79 Å². The van der Waals surface area contributed by atoms with Crippen LogP contribution in [0.4, 0.5) is 0 Å². The number of aliphatic carboxylic acids is 1. The van der Waals surface area contributed by atoms with E-state index in [2.05, 4.69) is 31.2 Å². The van der Waals surface area contributed by atoms with Crippen molar-refractivity contribution >= 4 is 5.97 Å². The van der Waals surface area contributed by atoms with Gasteiger partial charge in [0.1, 0.15) is 0 Å². The summed E-state index contributed by atoms with van der Waals surface area (Å²) in [5.41, 5.74) is 0. The van der Waals surface area contributed by atoms with E-state index in [4.69, 9.17) is 9.84 Å². The average molecular weight is 294 g/mol. The van der Waals surface area contributed by atoms with Crippen molar-refractivity contribution in [1.29, 1.82) is 0 Å². The summed E-state index contributed by atoms with van der Waals surface area (Å²) in [4.78, 5) is 10.3. The Kier molecular flexibility index (Phi) is 9.88. The fraction of sp³-hybridized carbons (Fsp3) is 0.722. The van der Waals surface area contributed by atoms with Crippen molar-refractivity contribution in [3.8, 4) is 0 Å². The Hall–Kier alpha value is -1.09. The Labute approximate surface area is 129 Å². The maximum absolute atomic E-state index is 10.3. The van der Waals surface area contributed by atoms with E-state index in [1.807, 2.05) is 0 Å². The average Bonchev–Trinajstić information content (AvgIpc) is 3.19. The topological polar surface area (TPSA) is 49.8 Å². The number of unbranched alkanes of at least 4 members (excludes halogenated alkanes) is 5. The zero-order valence-corrected chi connectivity index (χ0v) is 13.3. The zero-order chi connectivity index (χ0) is 15.3. The summed E-state index contributed by atoms with van der Waals surface area (Å²) in [6.07, 6.45) is 19.9. The molecule has 0 aliphatic carbocycles. The van der Waals surface area contributed by atoms with Gasteiger partial charge in [-0.25, -0.2) is 0 Å². The number of allylic oxidation sites excluding steroid dienone is 2. The van der Waals surface area contributed by atoms with Gasteiger partial charge in [-0.2, -0.15) is 0 Å². The Morgan fingerprint density at radius 1 is 0.952 bits per heavy atom. The fourth-order valence-corrected chi connectivity index (χ4v) is 2.41. The number of hydrogen-bond donors (Lipinski definition) is 1. The Morgan fingerprint density at radius 3 is 2.24 bits per heavy atom. The SMILES string of the molecule is CC/C=C\CC1OC1C/C=C\CCCCCCCC(=O)O. The molecule has 1 aliphatic heterocycles. The van der Waals surface area contributed by atoms with Crippen LogP contribution in [0.2, 0.25) is 0 Å². The first-order valence-corrected chi connectivity index (χ1v) is 8.41. The van der Waals surface area contributed by atoms with Gasteiger partial charge in [0.05, 0.1) is 12.2 Å². The van der Waals surface area contributed by atoms with E-state index >= 15 is 0 Å². The van der Waals surface area contributed by atoms with Crippen LogP contribution in [-0.4, -0.2) is 23.3 Å². The van der Waals surface area contributed by atoms with E-state index < -0.39 is 5.97 Å². The molecule has 0 aromatic carbocycles. The normalized spacial score (nSPS) is 21.4. The van der Waals surface area contributed by atoms with Gasteiger partial charge in [0.25, 0.3) is 0 Å². The van der Waals surface area contributed by atoms with Gasteiger partial charge >= 0.3 is 5.97 Å². The molecule has 0 amide bonds. The summed E-state index contributed by atoms with van der Waals surface area (Å²) < 4.78 is 5.60. The predicted molar refractivity (Wildman–Crippen MR) is 86.4 cm³/mol. The van der Waals surface area contributed by atoms with Crippen LogP contribution in [0.5, 0.6) is 0 Å². The molecule has 0 saturated carbocycles. The molecule has 1 aliphatic rings. The highest BCUT2D eigenvalue weighted by molar-refractivity contribution is 5.66. The minimum absolute atomic E-state index is 0.315. The molecule has 2 atom stereocenters. The summed E-state index contributed by atoms with van der Waals surface area (Å²) in [6.45, 7) is 2.15. The lowest BCUT2D eigenvalue weighted by atomic mass is 10.1. The molecule has 3 heteroatoms. The van der Waals surface area contributed by atoms with Crippen molar-refractivity contribution in [2.45, 2.75) is 83.3 Å². The van der Waals surface area contributed by atoms with Gasteiger partial charge in [-0.15, -0.1) is 0 Å². The molecule has 0 spiro atoms. The molecular formula is C18H30O3. The number of rotatable bonds is 13. The van der Waals surface area contributed by atoms with Crippen molar-refractivity contribution in [3.63, 3.8) is 0 Å². The first-order chi connectivity index (χ1) is 10.2. The third-order valence-corrected chi connectivity index (χ3v) is 3.75. The third kappa shape index (κ3) is 10.3. The molecule has 0 aromatic heterocycles. The Balaban J connectivity index is 1.84. The molecule has 1 N–H and O–H groups in total. The standard InChI is InChI=1S/C18H30O3/c1-2-3-10-13-16-17(21-16)14-11-8-6-4-5-7-9-12-15-18(19)20/h3,8,10-11,16-17H,2,4-7,9,12-15H2,1H3,(H,19,20)/b10-3-,11-8-. The van der Waals surface area contributed by atoms with Crippen LogP contribution >= 0.6 is 0 Å². The highest BCUT2D eigenvalue weighted by atomic mass is 16.6. The van der Waals surface area contributed by atoms with Gasteiger partial charge < -0.3 is 9.84 Å². The van der Waals surface area contributed by atoms with Gasteiger partial charge in [-0.3, -0.25) is 4.79 Å². The van der Waals surface area contributed by atoms with E-state index in [0.29, 0.717) is 18.6 Å². The molecule has 0 aromatic rings. The number of carboxylic acids is 1. The number of hydrogen-bond acceptors (Lipinski definition) is 2. The highest BCUT2D eigenvalue weighted by Gasteiger charge is 2.35.